The third kappa shape index (κ3) is 5.11. The lowest BCUT2D eigenvalue weighted by Gasteiger charge is -2.33. The lowest BCUT2D eigenvalue weighted by Crippen LogP contribution is -2.49. The number of rotatable bonds is 7. The second-order valence-corrected chi connectivity index (χ2v) is 12.8. The average molecular weight is 610 g/mol. The molecule has 2 fully saturated rings. The van der Waals surface area contributed by atoms with Crippen molar-refractivity contribution in [1.82, 2.24) is 23.7 Å². The highest BCUT2D eigenvalue weighted by Crippen LogP contribution is 2.30. The van der Waals surface area contributed by atoms with Crippen LogP contribution in [0, 0.1) is 0 Å². The number of piperazine rings is 1. The topological polar surface area (TPSA) is 106 Å². The molecular weight excluding hydrogens is 578 g/mol. The van der Waals surface area contributed by atoms with Crippen molar-refractivity contribution >= 4 is 38.6 Å². The van der Waals surface area contributed by atoms with Crippen molar-refractivity contribution < 1.29 is 17.9 Å². The highest BCUT2D eigenvalue weighted by atomic mass is 35.5. The molecular formula is C30H32ClN5O5S. The molecule has 3 aromatic carbocycles. The lowest BCUT2D eigenvalue weighted by molar-refractivity contribution is -0.132. The van der Waals surface area contributed by atoms with E-state index in [2.05, 4.69) is 10.2 Å². The molecule has 1 N–H and O–H groups in total. The van der Waals surface area contributed by atoms with Gasteiger partial charge in [-0.2, -0.15) is 3.97 Å². The third-order valence-corrected chi connectivity index (χ3v) is 10.1. The van der Waals surface area contributed by atoms with E-state index in [0.717, 1.165) is 36.6 Å². The zero-order valence-corrected chi connectivity index (χ0v) is 24.7. The Bertz CT molecular complexity index is 1770. The van der Waals surface area contributed by atoms with Gasteiger partial charge >= 0.3 is 5.69 Å². The van der Waals surface area contributed by atoms with Crippen molar-refractivity contribution in [2.75, 3.05) is 46.4 Å². The van der Waals surface area contributed by atoms with Gasteiger partial charge in [0, 0.05) is 50.3 Å². The second kappa shape index (κ2) is 11.6. The van der Waals surface area contributed by atoms with E-state index in [4.69, 9.17) is 16.3 Å². The van der Waals surface area contributed by atoms with Crippen LogP contribution in [0.25, 0.3) is 11.0 Å². The first-order valence-corrected chi connectivity index (χ1v) is 15.7. The van der Waals surface area contributed by atoms with Gasteiger partial charge in [0.05, 0.1) is 23.0 Å². The quantitative estimate of drug-likeness (QED) is 0.343. The molecule has 42 heavy (non-hydrogen) atoms. The predicted molar refractivity (Wildman–Crippen MR) is 161 cm³/mol. The fourth-order valence-corrected chi connectivity index (χ4v) is 7.56. The number of ether oxygens (including phenoxy) is 1. The Balaban J connectivity index is 1.48. The first kappa shape index (κ1) is 28.5. The van der Waals surface area contributed by atoms with E-state index < -0.39 is 21.8 Å². The highest BCUT2D eigenvalue weighted by molar-refractivity contribution is 7.90. The number of amides is 1. The molecule has 2 aliphatic heterocycles. The monoisotopic (exact) mass is 609 g/mol. The first-order valence-electron chi connectivity index (χ1n) is 13.9. The Kier molecular flexibility index (Phi) is 7.84. The van der Waals surface area contributed by atoms with E-state index in [0.29, 0.717) is 29.4 Å². The van der Waals surface area contributed by atoms with Crippen LogP contribution in [-0.4, -0.2) is 85.1 Å². The molecule has 2 atom stereocenters. The number of carbonyl (C=O) groups is 1. The van der Waals surface area contributed by atoms with Gasteiger partial charge in [0.1, 0.15) is 11.8 Å². The maximum atomic E-state index is 14.4. The van der Waals surface area contributed by atoms with Crippen molar-refractivity contribution in [3.8, 4) is 5.75 Å². The van der Waals surface area contributed by atoms with Gasteiger partial charge in [0.25, 0.3) is 15.9 Å². The molecule has 1 aromatic heterocycles. The standard InChI is InChI=1S/C30H32ClN5O5S/c1-41-24-8-10-25(11-9-24)42(39,40)36-26-12-7-22(31)19-27(26)35(30(36)38)28(21-5-3-2-4-6-21)29(37)34-16-13-23(20-34)33-17-14-32-15-18-33/h2-12,19,23,28,32H,13-18,20H2,1H3/t23-,28?/m0/s1. The number of hydrogen-bond acceptors (Lipinski definition) is 7. The summed E-state index contributed by atoms with van der Waals surface area (Å²) in [6, 6.07) is 18.5. The van der Waals surface area contributed by atoms with Gasteiger partial charge < -0.3 is 15.0 Å². The minimum absolute atomic E-state index is 0.0830. The average Bonchev–Trinajstić information content (AvgIpc) is 3.62. The summed E-state index contributed by atoms with van der Waals surface area (Å²) < 4.78 is 35.1. The summed E-state index contributed by atoms with van der Waals surface area (Å²) in [4.78, 5) is 32.8. The summed E-state index contributed by atoms with van der Waals surface area (Å²) in [5.41, 5.74) is 0.123. The zero-order valence-electron chi connectivity index (χ0n) is 23.1. The molecule has 220 valence electrons. The van der Waals surface area contributed by atoms with E-state index in [1.54, 1.807) is 29.2 Å². The van der Waals surface area contributed by atoms with E-state index in [-0.39, 0.29) is 27.9 Å². The number of nitrogens with one attached hydrogen (secondary N) is 1. The Morgan fingerprint density at radius 2 is 1.69 bits per heavy atom. The molecule has 0 spiro atoms. The highest BCUT2D eigenvalue weighted by Gasteiger charge is 2.38. The van der Waals surface area contributed by atoms with Gasteiger partial charge in [-0.05, 0) is 54.4 Å². The SMILES string of the molecule is COc1ccc(S(=O)(=O)n2c(=O)n(C(C(=O)N3CC[C@H](N4CCNCC4)C3)c3ccccc3)c3cc(Cl)ccc32)cc1. The number of likely N-dealkylation sites (tertiary alicyclic amines) is 1. The summed E-state index contributed by atoms with van der Waals surface area (Å²) in [6.07, 6.45) is 0.835. The van der Waals surface area contributed by atoms with Crippen LogP contribution in [0.3, 0.4) is 0 Å². The molecule has 0 saturated carbocycles. The number of benzene rings is 3. The molecule has 6 rings (SSSR count). The molecule has 12 heteroatoms. The number of nitrogens with zero attached hydrogens (tertiary/aromatic N) is 4. The van der Waals surface area contributed by atoms with E-state index in [9.17, 15) is 18.0 Å². The van der Waals surface area contributed by atoms with E-state index in [1.807, 2.05) is 6.07 Å². The second-order valence-electron chi connectivity index (χ2n) is 10.6. The smallest absolute Gasteiger partial charge is 0.344 e. The molecule has 1 unspecified atom stereocenters. The Morgan fingerprint density at radius 3 is 2.38 bits per heavy atom. The van der Waals surface area contributed by atoms with Gasteiger partial charge in [-0.15, -0.1) is 0 Å². The minimum Gasteiger partial charge on any atom is -0.497 e. The maximum absolute atomic E-state index is 14.4. The number of halogens is 1. The molecule has 0 bridgehead atoms. The Morgan fingerprint density at radius 1 is 0.976 bits per heavy atom. The molecule has 1 amide bonds. The van der Waals surface area contributed by atoms with Crippen LogP contribution >= 0.6 is 11.6 Å². The first-order chi connectivity index (χ1) is 20.3. The number of imidazole rings is 1. The van der Waals surface area contributed by atoms with Gasteiger partial charge in [-0.1, -0.05) is 41.9 Å². The molecule has 10 nitrogen and oxygen atoms in total. The van der Waals surface area contributed by atoms with Crippen molar-refractivity contribution in [2.24, 2.45) is 0 Å². The normalized spacial score (nSPS) is 18.8. The van der Waals surface area contributed by atoms with E-state index in [1.165, 1.54) is 54.1 Å². The van der Waals surface area contributed by atoms with Crippen LogP contribution in [0.1, 0.15) is 18.0 Å². The summed E-state index contributed by atoms with van der Waals surface area (Å²) in [5, 5.41) is 3.68. The molecule has 0 aliphatic carbocycles. The Labute approximate surface area is 249 Å². The fraction of sp³-hybridized carbons (Fsp3) is 0.333. The van der Waals surface area contributed by atoms with Crippen molar-refractivity contribution in [1.29, 1.82) is 0 Å². The molecule has 4 aromatic rings. The van der Waals surface area contributed by atoms with E-state index >= 15 is 0 Å². The fourth-order valence-electron chi connectivity index (χ4n) is 6.00. The molecule has 2 saturated heterocycles. The molecule has 0 radical (unpaired) electrons. The summed E-state index contributed by atoms with van der Waals surface area (Å²) in [6.45, 7) is 4.76. The number of carbonyl (C=O) groups excluding carboxylic acids is 1. The number of methoxy groups -OCH3 is 1. The van der Waals surface area contributed by atoms with Crippen molar-refractivity contribution in [3.05, 3.63) is 93.9 Å². The van der Waals surface area contributed by atoms with Crippen LogP contribution in [0.15, 0.2) is 82.5 Å². The molecule has 3 heterocycles. The lowest BCUT2D eigenvalue weighted by atomic mass is 10.0. The van der Waals surface area contributed by atoms with Gasteiger partial charge in [0.2, 0.25) is 0 Å². The third-order valence-electron chi connectivity index (χ3n) is 8.14. The number of hydrogen-bond donors (Lipinski definition) is 1. The van der Waals surface area contributed by atoms with Crippen molar-refractivity contribution in [2.45, 2.75) is 23.4 Å². The zero-order chi connectivity index (χ0) is 29.4. The maximum Gasteiger partial charge on any atom is 0.344 e. The van der Waals surface area contributed by atoms with Gasteiger partial charge in [0.15, 0.2) is 0 Å². The summed E-state index contributed by atoms with van der Waals surface area (Å²) >= 11 is 6.39. The number of aromatic nitrogens is 2. The van der Waals surface area contributed by atoms with Crippen LogP contribution in [0.2, 0.25) is 5.02 Å². The molecule has 2 aliphatic rings. The Hall–Kier alpha value is -3.64. The van der Waals surface area contributed by atoms with Crippen LogP contribution < -0.4 is 15.7 Å². The minimum atomic E-state index is -4.35. The van der Waals surface area contributed by atoms with Crippen LogP contribution in [0.5, 0.6) is 5.75 Å². The largest absolute Gasteiger partial charge is 0.497 e. The van der Waals surface area contributed by atoms with Gasteiger partial charge in [-0.25, -0.2) is 13.2 Å². The predicted octanol–water partition coefficient (Wildman–Crippen LogP) is 2.80. The summed E-state index contributed by atoms with van der Waals surface area (Å²) in [5.74, 6) is 0.219. The summed E-state index contributed by atoms with van der Waals surface area (Å²) in [7, 11) is -2.87. The number of fused-ring (bicyclic) bond motifs is 1. The van der Waals surface area contributed by atoms with Gasteiger partial charge in [-0.3, -0.25) is 14.3 Å². The van der Waals surface area contributed by atoms with Crippen molar-refractivity contribution in [3.63, 3.8) is 0 Å². The van der Waals surface area contributed by atoms with Crippen LogP contribution in [0.4, 0.5) is 0 Å². The van der Waals surface area contributed by atoms with Crippen LogP contribution in [-0.2, 0) is 14.8 Å².